The molecule has 1 atom stereocenters. The summed E-state index contributed by atoms with van der Waals surface area (Å²) in [6.07, 6.45) is 16.4. The minimum Gasteiger partial charge on any atom is -0.381 e. The molecule has 0 aromatic heterocycles. The highest BCUT2D eigenvalue weighted by molar-refractivity contribution is 8.03. The van der Waals surface area contributed by atoms with Crippen LogP contribution in [-0.4, -0.2) is 19.0 Å². The van der Waals surface area contributed by atoms with Crippen molar-refractivity contribution in [2.45, 2.75) is 91.4 Å². The van der Waals surface area contributed by atoms with Crippen molar-refractivity contribution in [3.8, 4) is 5.40 Å². The van der Waals surface area contributed by atoms with Crippen molar-refractivity contribution in [1.29, 1.82) is 5.26 Å². The fourth-order valence-electron chi connectivity index (χ4n) is 2.67. The van der Waals surface area contributed by atoms with Crippen LogP contribution in [0, 0.1) is 16.6 Å². The first-order chi connectivity index (χ1) is 11.7. The molecule has 140 valence electrons. The Morgan fingerprint density at radius 1 is 0.958 bits per heavy atom. The highest BCUT2D eigenvalue weighted by Crippen LogP contribution is 2.13. The summed E-state index contributed by atoms with van der Waals surface area (Å²) in [6, 6.07) is 0. The Balaban J connectivity index is 3.15. The van der Waals surface area contributed by atoms with Crippen molar-refractivity contribution in [2.75, 3.05) is 19.0 Å². The van der Waals surface area contributed by atoms with Gasteiger partial charge >= 0.3 is 0 Å². The summed E-state index contributed by atoms with van der Waals surface area (Å²) < 4.78 is 5.77. The summed E-state index contributed by atoms with van der Waals surface area (Å²) in [5.41, 5.74) is 1.43. The maximum atomic E-state index is 8.42. The molecule has 0 aliphatic rings. The Hall–Kier alpha value is -0.460. The van der Waals surface area contributed by atoms with E-state index < -0.39 is 0 Å². The molecule has 0 spiro atoms. The summed E-state index contributed by atoms with van der Waals surface area (Å²) >= 11 is 1.38. The molecule has 0 N–H and O–H groups in total. The van der Waals surface area contributed by atoms with E-state index in [4.69, 9.17) is 10.00 Å². The normalized spacial score (nSPS) is 11.9. The number of thioether (sulfide) groups is 1. The third kappa shape index (κ3) is 19.6. The van der Waals surface area contributed by atoms with E-state index in [0.717, 1.165) is 24.9 Å². The summed E-state index contributed by atoms with van der Waals surface area (Å²) in [6.45, 7) is 8.54. The average molecular weight is 354 g/mol. The van der Waals surface area contributed by atoms with E-state index in [1.165, 1.54) is 88.0 Å². The fraction of sp³-hybridized carbons (Fsp3) is 0.857. The van der Waals surface area contributed by atoms with Gasteiger partial charge in [-0.25, -0.2) is 0 Å². The summed E-state index contributed by atoms with van der Waals surface area (Å²) in [7, 11) is 0. The number of rotatable bonds is 17. The Morgan fingerprint density at radius 3 is 2.21 bits per heavy atom. The van der Waals surface area contributed by atoms with Gasteiger partial charge in [0.15, 0.2) is 0 Å². The van der Waals surface area contributed by atoms with Gasteiger partial charge in [0.05, 0.1) is 0 Å². The minimum absolute atomic E-state index is 0.771. The lowest BCUT2D eigenvalue weighted by atomic mass is 10.0. The topological polar surface area (TPSA) is 33.0 Å². The SMILES string of the molecule is CC(C)=CCCC(C)CCOCCCCCCCCCCSC#N. The highest BCUT2D eigenvalue weighted by atomic mass is 32.2. The second kappa shape index (κ2) is 18.9. The average Bonchev–Trinajstić information content (AvgIpc) is 2.55. The Morgan fingerprint density at radius 2 is 1.58 bits per heavy atom. The standard InChI is InChI=1S/C21H39NOS/c1-20(2)13-12-14-21(3)15-17-23-16-10-8-6-4-5-7-9-11-18-24-19-22/h13,21H,4-12,14-18H2,1-3H3. The van der Waals surface area contributed by atoms with Gasteiger partial charge in [-0.1, -0.05) is 57.1 Å². The zero-order chi connectivity index (χ0) is 17.9. The molecule has 0 fully saturated rings. The van der Waals surface area contributed by atoms with Crippen molar-refractivity contribution in [3.63, 3.8) is 0 Å². The number of allylic oxidation sites excluding steroid dienone is 2. The van der Waals surface area contributed by atoms with Gasteiger partial charge in [0, 0.05) is 19.0 Å². The Kier molecular flexibility index (Phi) is 18.5. The molecule has 0 heterocycles. The summed E-state index contributed by atoms with van der Waals surface area (Å²) in [5, 5.41) is 10.6. The van der Waals surface area contributed by atoms with Crippen molar-refractivity contribution in [1.82, 2.24) is 0 Å². The van der Waals surface area contributed by atoms with Crippen molar-refractivity contribution in [2.24, 2.45) is 5.92 Å². The highest BCUT2D eigenvalue weighted by Gasteiger charge is 2.01. The van der Waals surface area contributed by atoms with Gasteiger partial charge in [0.25, 0.3) is 0 Å². The van der Waals surface area contributed by atoms with Gasteiger partial charge in [-0.05, 0) is 63.6 Å². The van der Waals surface area contributed by atoms with Crippen LogP contribution in [0.1, 0.15) is 91.4 Å². The summed E-state index contributed by atoms with van der Waals surface area (Å²) in [5.74, 6) is 1.77. The van der Waals surface area contributed by atoms with E-state index >= 15 is 0 Å². The first-order valence-corrected chi connectivity index (χ1v) is 10.9. The van der Waals surface area contributed by atoms with Gasteiger partial charge in [-0.15, -0.1) is 0 Å². The monoisotopic (exact) mass is 353 g/mol. The van der Waals surface area contributed by atoms with E-state index in [1.807, 2.05) is 0 Å². The number of hydrogen-bond acceptors (Lipinski definition) is 3. The molecule has 24 heavy (non-hydrogen) atoms. The first-order valence-electron chi connectivity index (χ1n) is 9.88. The molecule has 1 unspecified atom stereocenters. The predicted molar refractivity (Wildman–Crippen MR) is 108 cm³/mol. The quantitative estimate of drug-likeness (QED) is 0.159. The molecule has 0 amide bonds. The summed E-state index contributed by atoms with van der Waals surface area (Å²) in [4.78, 5) is 0. The van der Waals surface area contributed by atoms with Gasteiger partial charge in [0.1, 0.15) is 5.40 Å². The predicted octanol–water partition coefficient (Wildman–Crippen LogP) is 7.11. The van der Waals surface area contributed by atoms with Crippen molar-refractivity contribution < 1.29 is 4.74 Å². The van der Waals surface area contributed by atoms with E-state index in [2.05, 4.69) is 32.2 Å². The lowest BCUT2D eigenvalue weighted by molar-refractivity contribution is 0.117. The molecular weight excluding hydrogens is 314 g/mol. The number of ether oxygens (including phenoxy) is 1. The third-order valence-corrected chi connectivity index (χ3v) is 4.94. The number of nitrogens with zero attached hydrogens (tertiary/aromatic N) is 1. The second-order valence-corrected chi connectivity index (χ2v) is 8.01. The lowest BCUT2D eigenvalue weighted by Crippen LogP contribution is -2.03. The van der Waals surface area contributed by atoms with Crippen molar-refractivity contribution in [3.05, 3.63) is 11.6 Å². The molecule has 0 saturated carbocycles. The second-order valence-electron chi connectivity index (χ2n) is 7.13. The van der Waals surface area contributed by atoms with Gasteiger partial charge in [-0.3, -0.25) is 0 Å². The maximum absolute atomic E-state index is 8.42. The molecule has 2 nitrogen and oxygen atoms in total. The van der Waals surface area contributed by atoms with Crippen molar-refractivity contribution >= 4 is 11.8 Å². The van der Waals surface area contributed by atoms with E-state index in [1.54, 1.807) is 0 Å². The smallest absolute Gasteiger partial charge is 0.133 e. The van der Waals surface area contributed by atoms with Gasteiger partial charge in [-0.2, -0.15) is 5.26 Å². The van der Waals surface area contributed by atoms with Crippen LogP contribution in [0.25, 0.3) is 0 Å². The lowest BCUT2D eigenvalue weighted by Gasteiger charge is -2.10. The van der Waals surface area contributed by atoms with Crippen LogP contribution < -0.4 is 0 Å². The molecule has 0 saturated heterocycles. The number of hydrogen-bond donors (Lipinski definition) is 0. The van der Waals surface area contributed by atoms with Gasteiger partial charge in [0.2, 0.25) is 0 Å². The van der Waals surface area contributed by atoms with Crippen LogP contribution in [0.15, 0.2) is 11.6 Å². The largest absolute Gasteiger partial charge is 0.381 e. The fourth-order valence-corrected chi connectivity index (χ4v) is 3.11. The Labute approximate surface area is 155 Å². The third-order valence-electron chi connectivity index (χ3n) is 4.32. The van der Waals surface area contributed by atoms with Gasteiger partial charge < -0.3 is 4.74 Å². The number of unbranched alkanes of at least 4 members (excludes halogenated alkanes) is 7. The van der Waals surface area contributed by atoms with Crippen LogP contribution in [0.5, 0.6) is 0 Å². The molecule has 0 aromatic rings. The zero-order valence-corrected chi connectivity index (χ0v) is 17.1. The zero-order valence-electron chi connectivity index (χ0n) is 16.3. The van der Waals surface area contributed by atoms with Crippen LogP contribution >= 0.6 is 11.8 Å². The minimum atomic E-state index is 0.771. The van der Waals surface area contributed by atoms with E-state index in [9.17, 15) is 0 Å². The maximum Gasteiger partial charge on any atom is 0.133 e. The number of nitriles is 1. The van der Waals surface area contributed by atoms with E-state index in [-0.39, 0.29) is 0 Å². The molecule has 3 heteroatoms. The molecule has 0 aliphatic carbocycles. The van der Waals surface area contributed by atoms with Crippen LogP contribution in [0.3, 0.4) is 0 Å². The first kappa shape index (κ1) is 23.5. The molecule has 0 aromatic carbocycles. The number of thiocyanates is 1. The van der Waals surface area contributed by atoms with Crippen LogP contribution in [0.2, 0.25) is 0 Å². The van der Waals surface area contributed by atoms with E-state index in [0.29, 0.717) is 0 Å². The molecule has 0 aliphatic heterocycles. The molecule has 0 bridgehead atoms. The van der Waals surface area contributed by atoms with Crippen LogP contribution in [-0.2, 0) is 4.74 Å². The van der Waals surface area contributed by atoms with Crippen LogP contribution in [0.4, 0.5) is 0 Å². The Bertz CT molecular complexity index is 331. The molecule has 0 rings (SSSR count). The molecular formula is C21H39NOS. The molecule has 0 radical (unpaired) electrons.